The number of ketones is 1. The Balaban J connectivity index is 2.50. The molecule has 0 bridgehead atoms. The number of aromatic amines is 1. The molecule has 2 heterocycles. The Morgan fingerprint density at radius 3 is 2.86 bits per heavy atom. The minimum absolute atomic E-state index is 0.0277. The number of nitrogens with zero attached hydrogens (tertiary/aromatic N) is 1. The van der Waals surface area contributed by atoms with Crippen molar-refractivity contribution in [2.75, 3.05) is 0 Å². The molecule has 0 amide bonds. The molecule has 0 aliphatic heterocycles. The fourth-order valence-corrected chi connectivity index (χ4v) is 2.12. The zero-order chi connectivity index (χ0) is 10.1. The minimum atomic E-state index is 0.0277. The summed E-state index contributed by atoms with van der Waals surface area (Å²) in [5.41, 5.74) is 1.94. The molecule has 2 rings (SSSR count). The van der Waals surface area contributed by atoms with Crippen molar-refractivity contribution in [2.45, 2.75) is 13.8 Å². The summed E-state index contributed by atoms with van der Waals surface area (Å²) in [5, 5.41) is 0.582. The molecule has 0 saturated carbocycles. The van der Waals surface area contributed by atoms with Gasteiger partial charge in [-0.25, -0.2) is 4.98 Å². The van der Waals surface area contributed by atoms with Gasteiger partial charge in [0.2, 0.25) is 0 Å². The van der Waals surface area contributed by atoms with Crippen LogP contribution in [0, 0.1) is 6.92 Å². The topological polar surface area (TPSA) is 45.8 Å². The number of rotatable bonds is 2. The van der Waals surface area contributed by atoms with Gasteiger partial charge >= 0.3 is 0 Å². The standard InChI is InChI=1S/C10H10N2OS/c1-6(13)10-12-9(7(2)14-10)8-3-4-11-5-8/h3-5,11H,1-2H3. The minimum Gasteiger partial charge on any atom is -0.367 e. The number of aryl methyl sites for hydroxylation is 1. The highest BCUT2D eigenvalue weighted by Crippen LogP contribution is 2.27. The van der Waals surface area contributed by atoms with Crippen molar-refractivity contribution < 1.29 is 4.79 Å². The molecule has 14 heavy (non-hydrogen) atoms. The first-order chi connectivity index (χ1) is 6.68. The Bertz CT molecular complexity index is 456. The zero-order valence-electron chi connectivity index (χ0n) is 8.00. The van der Waals surface area contributed by atoms with Gasteiger partial charge in [0.1, 0.15) is 0 Å². The van der Waals surface area contributed by atoms with Crippen LogP contribution in [0.4, 0.5) is 0 Å². The van der Waals surface area contributed by atoms with Gasteiger partial charge in [0.15, 0.2) is 10.8 Å². The van der Waals surface area contributed by atoms with Gasteiger partial charge in [-0.05, 0) is 13.0 Å². The maximum absolute atomic E-state index is 11.1. The average Bonchev–Trinajstić information content (AvgIpc) is 2.71. The smallest absolute Gasteiger partial charge is 0.188 e. The van der Waals surface area contributed by atoms with E-state index in [0.717, 1.165) is 16.1 Å². The molecular weight excluding hydrogens is 196 g/mol. The Kier molecular flexibility index (Phi) is 2.21. The van der Waals surface area contributed by atoms with E-state index in [1.807, 2.05) is 25.4 Å². The van der Waals surface area contributed by atoms with Crippen molar-refractivity contribution in [3.8, 4) is 11.3 Å². The number of carbonyl (C=O) groups is 1. The predicted octanol–water partition coefficient (Wildman–Crippen LogP) is 2.65. The molecule has 0 radical (unpaired) electrons. The molecule has 3 nitrogen and oxygen atoms in total. The number of carbonyl (C=O) groups excluding carboxylic acids is 1. The van der Waals surface area contributed by atoms with E-state index >= 15 is 0 Å². The Morgan fingerprint density at radius 2 is 2.36 bits per heavy atom. The first kappa shape index (κ1) is 9.15. The highest BCUT2D eigenvalue weighted by molar-refractivity contribution is 7.14. The fourth-order valence-electron chi connectivity index (χ4n) is 1.29. The molecule has 0 aliphatic rings. The number of hydrogen-bond donors (Lipinski definition) is 1. The average molecular weight is 206 g/mol. The summed E-state index contributed by atoms with van der Waals surface area (Å²) in [6.45, 7) is 3.52. The van der Waals surface area contributed by atoms with Gasteiger partial charge in [-0.1, -0.05) is 0 Å². The largest absolute Gasteiger partial charge is 0.367 e. The molecule has 1 N–H and O–H groups in total. The third-order valence-corrected chi connectivity index (χ3v) is 3.04. The van der Waals surface area contributed by atoms with Gasteiger partial charge in [0, 0.05) is 29.8 Å². The van der Waals surface area contributed by atoms with Gasteiger partial charge in [0.25, 0.3) is 0 Å². The van der Waals surface area contributed by atoms with Crippen LogP contribution in [0.15, 0.2) is 18.5 Å². The van der Waals surface area contributed by atoms with Crippen molar-refractivity contribution in [3.05, 3.63) is 28.3 Å². The van der Waals surface area contributed by atoms with E-state index in [2.05, 4.69) is 9.97 Å². The van der Waals surface area contributed by atoms with E-state index in [1.54, 1.807) is 6.92 Å². The molecule has 2 aromatic rings. The lowest BCUT2D eigenvalue weighted by molar-refractivity contribution is 0.101. The van der Waals surface area contributed by atoms with Crippen LogP contribution in [0.5, 0.6) is 0 Å². The summed E-state index contributed by atoms with van der Waals surface area (Å²) in [4.78, 5) is 19.5. The highest BCUT2D eigenvalue weighted by Gasteiger charge is 2.12. The van der Waals surface area contributed by atoms with Crippen LogP contribution in [-0.4, -0.2) is 15.8 Å². The second-order valence-corrected chi connectivity index (χ2v) is 4.28. The van der Waals surface area contributed by atoms with E-state index in [1.165, 1.54) is 11.3 Å². The van der Waals surface area contributed by atoms with Crippen LogP contribution in [0.25, 0.3) is 11.3 Å². The third-order valence-electron chi connectivity index (χ3n) is 1.97. The number of thiazole rings is 1. The van der Waals surface area contributed by atoms with Gasteiger partial charge in [-0.2, -0.15) is 0 Å². The number of hydrogen-bond acceptors (Lipinski definition) is 3. The molecule has 0 unspecified atom stereocenters. The fraction of sp³-hybridized carbons (Fsp3) is 0.200. The van der Waals surface area contributed by atoms with E-state index in [4.69, 9.17) is 0 Å². The Hall–Kier alpha value is -1.42. The molecule has 0 aliphatic carbocycles. The molecule has 0 spiro atoms. The number of H-pyrrole nitrogens is 1. The maximum atomic E-state index is 11.1. The quantitative estimate of drug-likeness (QED) is 0.768. The van der Waals surface area contributed by atoms with Gasteiger partial charge in [-0.3, -0.25) is 4.79 Å². The zero-order valence-corrected chi connectivity index (χ0v) is 8.81. The molecule has 0 saturated heterocycles. The molecule has 0 fully saturated rings. The predicted molar refractivity (Wildman–Crippen MR) is 56.6 cm³/mol. The van der Waals surface area contributed by atoms with Crippen molar-refractivity contribution >= 4 is 17.1 Å². The van der Waals surface area contributed by atoms with E-state index in [9.17, 15) is 4.79 Å². The van der Waals surface area contributed by atoms with Crippen LogP contribution in [-0.2, 0) is 0 Å². The van der Waals surface area contributed by atoms with Crippen LogP contribution in [0.2, 0.25) is 0 Å². The first-order valence-electron chi connectivity index (χ1n) is 4.30. The lowest BCUT2D eigenvalue weighted by atomic mass is 10.2. The summed E-state index contributed by atoms with van der Waals surface area (Å²) in [6.07, 6.45) is 3.73. The summed E-state index contributed by atoms with van der Waals surface area (Å²) in [6, 6.07) is 1.95. The van der Waals surface area contributed by atoms with Crippen molar-refractivity contribution in [3.63, 3.8) is 0 Å². The second kappa shape index (κ2) is 3.38. The van der Waals surface area contributed by atoms with E-state index in [0.29, 0.717) is 5.01 Å². The monoisotopic (exact) mass is 206 g/mol. The number of aromatic nitrogens is 2. The van der Waals surface area contributed by atoms with Gasteiger partial charge in [-0.15, -0.1) is 11.3 Å². The van der Waals surface area contributed by atoms with E-state index < -0.39 is 0 Å². The lowest BCUT2D eigenvalue weighted by Gasteiger charge is -1.90. The van der Waals surface area contributed by atoms with Crippen LogP contribution < -0.4 is 0 Å². The van der Waals surface area contributed by atoms with E-state index in [-0.39, 0.29) is 5.78 Å². The first-order valence-corrected chi connectivity index (χ1v) is 5.11. The normalized spacial score (nSPS) is 10.4. The second-order valence-electron chi connectivity index (χ2n) is 3.08. The van der Waals surface area contributed by atoms with Crippen LogP contribution >= 0.6 is 11.3 Å². The van der Waals surface area contributed by atoms with Crippen molar-refractivity contribution in [1.29, 1.82) is 0 Å². The molecule has 0 aromatic carbocycles. The van der Waals surface area contributed by atoms with Crippen LogP contribution in [0.3, 0.4) is 0 Å². The number of Topliss-reactive ketones (excluding diaryl/α,β-unsaturated/α-hetero) is 1. The van der Waals surface area contributed by atoms with Crippen molar-refractivity contribution in [1.82, 2.24) is 9.97 Å². The SMILES string of the molecule is CC(=O)c1nc(-c2cc[nH]c2)c(C)s1. The number of nitrogens with one attached hydrogen (secondary N) is 1. The molecular formula is C10H10N2OS. The van der Waals surface area contributed by atoms with Crippen molar-refractivity contribution in [2.24, 2.45) is 0 Å². The summed E-state index contributed by atoms with van der Waals surface area (Å²) < 4.78 is 0. The van der Waals surface area contributed by atoms with Gasteiger partial charge in [0.05, 0.1) is 5.69 Å². The highest BCUT2D eigenvalue weighted by atomic mass is 32.1. The Morgan fingerprint density at radius 1 is 1.57 bits per heavy atom. The summed E-state index contributed by atoms with van der Waals surface area (Å²) in [7, 11) is 0. The molecule has 4 heteroatoms. The molecule has 2 aromatic heterocycles. The molecule has 0 atom stereocenters. The maximum Gasteiger partial charge on any atom is 0.188 e. The lowest BCUT2D eigenvalue weighted by Crippen LogP contribution is -1.89. The summed E-state index contributed by atoms with van der Waals surface area (Å²) in [5.74, 6) is 0.0277. The van der Waals surface area contributed by atoms with Crippen LogP contribution in [0.1, 0.15) is 21.6 Å². The Labute approximate surface area is 85.8 Å². The molecule has 72 valence electrons. The third kappa shape index (κ3) is 1.48. The summed E-state index contributed by atoms with van der Waals surface area (Å²) >= 11 is 1.45. The van der Waals surface area contributed by atoms with Gasteiger partial charge < -0.3 is 4.98 Å².